The normalized spacial score (nSPS) is 31.5. The highest BCUT2D eigenvalue weighted by atomic mass is 19.1. The standard InChI is InChI=1S/C20H20FN3O3/c1-19-6-8-25-10-16(19)20(11-26-18(22)24-20)14-9-12(4-5-15(14)27-19)13-3-2-7-23-17(13)21/h2-5,7,9,16H,6,8,10-11H2,1H3,(H2,22,24)/t16-,19?,20?/m1/s1. The van der Waals surface area contributed by atoms with E-state index < -0.39 is 17.1 Å². The van der Waals surface area contributed by atoms with Gasteiger partial charge in [0, 0.05) is 23.7 Å². The van der Waals surface area contributed by atoms with Crippen LogP contribution >= 0.6 is 0 Å². The van der Waals surface area contributed by atoms with Crippen molar-refractivity contribution in [3.8, 4) is 16.9 Å². The van der Waals surface area contributed by atoms with Gasteiger partial charge in [0.15, 0.2) is 0 Å². The second-order valence-corrected chi connectivity index (χ2v) is 7.51. The van der Waals surface area contributed by atoms with Gasteiger partial charge in [-0.1, -0.05) is 6.07 Å². The number of hydrogen-bond acceptors (Lipinski definition) is 6. The third kappa shape index (κ3) is 2.34. The highest BCUT2D eigenvalue weighted by Gasteiger charge is 2.59. The molecule has 1 aromatic carbocycles. The van der Waals surface area contributed by atoms with Crippen molar-refractivity contribution in [1.29, 1.82) is 0 Å². The van der Waals surface area contributed by atoms with E-state index in [2.05, 4.69) is 11.9 Å². The van der Waals surface area contributed by atoms with Crippen LogP contribution in [0.4, 0.5) is 4.39 Å². The van der Waals surface area contributed by atoms with Crippen LogP contribution in [0.25, 0.3) is 11.1 Å². The molecule has 2 unspecified atom stereocenters. The molecule has 6 nitrogen and oxygen atoms in total. The number of ether oxygens (including phenoxy) is 3. The number of aromatic nitrogens is 1. The molecule has 27 heavy (non-hydrogen) atoms. The Balaban J connectivity index is 1.71. The van der Waals surface area contributed by atoms with Crippen molar-refractivity contribution in [2.24, 2.45) is 16.6 Å². The Morgan fingerprint density at radius 2 is 2.19 bits per heavy atom. The van der Waals surface area contributed by atoms with Crippen LogP contribution in [0.1, 0.15) is 18.9 Å². The second-order valence-electron chi connectivity index (χ2n) is 7.51. The molecule has 5 rings (SSSR count). The van der Waals surface area contributed by atoms with Gasteiger partial charge in [-0.25, -0.2) is 9.98 Å². The van der Waals surface area contributed by atoms with Gasteiger partial charge in [-0.3, -0.25) is 0 Å². The number of halogens is 1. The fraction of sp³-hybridized carbons (Fsp3) is 0.400. The van der Waals surface area contributed by atoms with Crippen molar-refractivity contribution in [3.63, 3.8) is 0 Å². The van der Waals surface area contributed by atoms with Gasteiger partial charge in [-0.05, 0) is 36.8 Å². The molecule has 0 radical (unpaired) electrons. The van der Waals surface area contributed by atoms with Crippen LogP contribution in [0.3, 0.4) is 0 Å². The van der Waals surface area contributed by atoms with Crippen LogP contribution in [0.2, 0.25) is 0 Å². The van der Waals surface area contributed by atoms with Gasteiger partial charge in [0.05, 0.1) is 19.1 Å². The zero-order valence-electron chi connectivity index (χ0n) is 14.9. The van der Waals surface area contributed by atoms with Crippen molar-refractivity contribution in [1.82, 2.24) is 4.98 Å². The maximum atomic E-state index is 14.2. The van der Waals surface area contributed by atoms with E-state index in [4.69, 9.17) is 24.9 Å². The van der Waals surface area contributed by atoms with Crippen molar-refractivity contribution in [3.05, 3.63) is 48.0 Å². The van der Waals surface area contributed by atoms with Gasteiger partial charge in [0.25, 0.3) is 6.02 Å². The third-order valence-electron chi connectivity index (χ3n) is 5.95. The molecule has 140 valence electrons. The summed E-state index contributed by atoms with van der Waals surface area (Å²) >= 11 is 0. The lowest BCUT2D eigenvalue weighted by Crippen LogP contribution is -2.59. The van der Waals surface area contributed by atoms with E-state index in [0.29, 0.717) is 30.9 Å². The first-order valence-corrected chi connectivity index (χ1v) is 9.02. The molecule has 0 aliphatic carbocycles. The number of nitrogens with zero attached hydrogens (tertiary/aromatic N) is 2. The molecule has 4 heterocycles. The van der Waals surface area contributed by atoms with Crippen LogP contribution in [-0.2, 0) is 15.0 Å². The van der Waals surface area contributed by atoms with Crippen molar-refractivity contribution >= 4 is 6.02 Å². The summed E-state index contributed by atoms with van der Waals surface area (Å²) in [5.74, 6) is 0.159. The Labute approximate surface area is 156 Å². The van der Waals surface area contributed by atoms with Crippen molar-refractivity contribution in [2.45, 2.75) is 24.5 Å². The van der Waals surface area contributed by atoms with Gasteiger partial charge in [0.1, 0.15) is 23.5 Å². The predicted octanol–water partition coefficient (Wildman–Crippen LogP) is 2.62. The van der Waals surface area contributed by atoms with Gasteiger partial charge in [-0.2, -0.15) is 4.39 Å². The lowest BCUT2D eigenvalue weighted by Gasteiger charge is -2.52. The fourth-order valence-corrected chi connectivity index (χ4v) is 4.52. The molecule has 0 amide bonds. The van der Waals surface area contributed by atoms with E-state index >= 15 is 0 Å². The second kappa shape index (κ2) is 5.66. The van der Waals surface area contributed by atoms with Gasteiger partial charge in [0.2, 0.25) is 5.95 Å². The van der Waals surface area contributed by atoms with Gasteiger partial charge in [-0.15, -0.1) is 0 Å². The summed E-state index contributed by atoms with van der Waals surface area (Å²) in [6.07, 6.45) is 2.19. The van der Waals surface area contributed by atoms with Crippen LogP contribution in [-0.4, -0.2) is 36.4 Å². The van der Waals surface area contributed by atoms with Crippen LogP contribution in [0.15, 0.2) is 41.5 Å². The van der Waals surface area contributed by atoms with E-state index in [1.165, 1.54) is 6.20 Å². The quantitative estimate of drug-likeness (QED) is 0.782. The number of aliphatic imine (C=N–C) groups is 1. The Bertz CT molecular complexity index is 950. The molecule has 1 fully saturated rings. The zero-order chi connectivity index (χ0) is 18.6. The molecule has 2 N–H and O–H groups in total. The molecule has 2 aromatic rings. The van der Waals surface area contributed by atoms with Gasteiger partial charge >= 0.3 is 0 Å². The van der Waals surface area contributed by atoms with E-state index in [1.807, 2.05) is 18.2 Å². The fourth-order valence-electron chi connectivity index (χ4n) is 4.52. The minimum absolute atomic E-state index is 0.0544. The van der Waals surface area contributed by atoms with E-state index in [0.717, 1.165) is 17.7 Å². The number of benzene rings is 1. The summed E-state index contributed by atoms with van der Waals surface area (Å²) in [6, 6.07) is 9.21. The first-order valence-electron chi connectivity index (χ1n) is 9.02. The average molecular weight is 369 g/mol. The molecule has 0 saturated carbocycles. The molecular weight excluding hydrogens is 349 g/mol. The Hall–Kier alpha value is -2.67. The summed E-state index contributed by atoms with van der Waals surface area (Å²) in [7, 11) is 0. The third-order valence-corrected chi connectivity index (χ3v) is 5.95. The molecule has 1 saturated heterocycles. The predicted molar refractivity (Wildman–Crippen MR) is 96.8 cm³/mol. The molecule has 1 aromatic heterocycles. The molecule has 3 aliphatic rings. The largest absolute Gasteiger partial charge is 0.487 e. The molecule has 3 aliphatic heterocycles. The summed E-state index contributed by atoms with van der Waals surface area (Å²) in [4.78, 5) is 8.47. The number of rotatable bonds is 1. The summed E-state index contributed by atoms with van der Waals surface area (Å²) in [6.45, 7) is 3.54. The SMILES string of the molecule is CC12CCOC[C@H]1C1(COC(N)=N1)c1cc(-c3cccnc3F)ccc1O2. The van der Waals surface area contributed by atoms with E-state index in [-0.39, 0.29) is 11.9 Å². The lowest BCUT2D eigenvalue weighted by atomic mass is 9.66. The number of amidine groups is 1. The number of fused-ring (bicyclic) bond motifs is 4. The Morgan fingerprint density at radius 1 is 1.30 bits per heavy atom. The minimum Gasteiger partial charge on any atom is -0.487 e. The average Bonchev–Trinajstić information content (AvgIpc) is 3.04. The van der Waals surface area contributed by atoms with Crippen LogP contribution < -0.4 is 10.5 Å². The summed E-state index contributed by atoms with van der Waals surface area (Å²) in [5, 5.41) is 0. The zero-order valence-corrected chi connectivity index (χ0v) is 14.9. The first kappa shape index (κ1) is 16.5. The van der Waals surface area contributed by atoms with Crippen molar-refractivity contribution < 1.29 is 18.6 Å². The number of pyridine rings is 1. The lowest BCUT2D eigenvalue weighted by molar-refractivity contribution is -0.129. The van der Waals surface area contributed by atoms with Crippen molar-refractivity contribution in [2.75, 3.05) is 19.8 Å². The minimum atomic E-state index is -0.707. The highest BCUT2D eigenvalue weighted by molar-refractivity contribution is 5.75. The molecule has 7 heteroatoms. The van der Waals surface area contributed by atoms with Crippen LogP contribution in [0.5, 0.6) is 5.75 Å². The number of hydrogen-bond donors (Lipinski definition) is 1. The Morgan fingerprint density at radius 3 is 2.96 bits per heavy atom. The monoisotopic (exact) mass is 369 g/mol. The number of nitrogens with two attached hydrogens (primary N) is 1. The highest BCUT2D eigenvalue weighted by Crippen LogP contribution is 2.54. The molecular formula is C20H20FN3O3. The Kier molecular flexibility index (Phi) is 3.46. The smallest absolute Gasteiger partial charge is 0.283 e. The maximum absolute atomic E-state index is 14.2. The molecule has 3 atom stereocenters. The van der Waals surface area contributed by atoms with Gasteiger partial charge < -0.3 is 19.9 Å². The van der Waals surface area contributed by atoms with Crippen LogP contribution in [0, 0.1) is 11.9 Å². The molecule has 1 spiro atoms. The van der Waals surface area contributed by atoms with E-state index in [1.54, 1.807) is 12.1 Å². The van der Waals surface area contributed by atoms with E-state index in [9.17, 15) is 4.39 Å². The molecule has 0 bridgehead atoms. The first-order chi connectivity index (χ1) is 13.0. The summed E-state index contributed by atoms with van der Waals surface area (Å²) < 4.78 is 32.0. The summed E-state index contributed by atoms with van der Waals surface area (Å²) in [5.41, 5.74) is 6.76. The topological polar surface area (TPSA) is 79.0 Å². The maximum Gasteiger partial charge on any atom is 0.283 e.